The van der Waals surface area contributed by atoms with Crippen LogP contribution in [0.2, 0.25) is 0 Å². The van der Waals surface area contributed by atoms with Gasteiger partial charge in [0.05, 0.1) is 13.2 Å². The summed E-state index contributed by atoms with van der Waals surface area (Å²) in [4.78, 5) is 0. The standard InChI is InChI=1S/C16H24FNO2/c1-16(2,3)18-9-13-5-4-6-14(17)15(13)20-11-12-7-8-19-10-12/h4-6,12,18H,7-11H2,1-3H3. The van der Waals surface area contributed by atoms with E-state index < -0.39 is 0 Å². The Hall–Kier alpha value is -1.13. The van der Waals surface area contributed by atoms with Crippen LogP contribution in [0.25, 0.3) is 0 Å². The van der Waals surface area contributed by atoms with Crippen molar-refractivity contribution in [2.75, 3.05) is 19.8 Å². The van der Waals surface area contributed by atoms with Crippen molar-refractivity contribution >= 4 is 0 Å². The van der Waals surface area contributed by atoms with E-state index in [2.05, 4.69) is 26.1 Å². The van der Waals surface area contributed by atoms with Crippen molar-refractivity contribution in [3.8, 4) is 5.75 Å². The summed E-state index contributed by atoms with van der Waals surface area (Å²) in [6, 6.07) is 5.07. The quantitative estimate of drug-likeness (QED) is 0.899. The van der Waals surface area contributed by atoms with Crippen molar-refractivity contribution < 1.29 is 13.9 Å². The first-order valence-corrected chi connectivity index (χ1v) is 7.19. The predicted molar refractivity (Wildman–Crippen MR) is 77.4 cm³/mol. The van der Waals surface area contributed by atoms with Gasteiger partial charge < -0.3 is 14.8 Å². The lowest BCUT2D eigenvalue weighted by Crippen LogP contribution is -2.35. The summed E-state index contributed by atoms with van der Waals surface area (Å²) < 4.78 is 25.0. The molecule has 1 heterocycles. The van der Waals surface area contributed by atoms with Gasteiger partial charge in [0.25, 0.3) is 0 Å². The van der Waals surface area contributed by atoms with Crippen LogP contribution >= 0.6 is 0 Å². The van der Waals surface area contributed by atoms with E-state index >= 15 is 0 Å². The number of hydrogen-bond acceptors (Lipinski definition) is 3. The summed E-state index contributed by atoms with van der Waals surface area (Å²) in [6.07, 6.45) is 0.990. The zero-order chi connectivity index (χ0) is 14.6. The summed E-state index contributed by atoms with van der Waals surface area (Å²) in [5.74, 6) is 0.450. The third-order valence-electron chi connectivity index (χ3n) is 3.35. The molecule has 0 bridgehead atoms. The van der Waals surface area contributed by atoms with Crippen molar-refractivity contribution in [1.82, 2.24) is 5.32 Å². The highest BCUT2D eigenvalue weighted by molar-refractivity contribution is 5.35. The predicted octanol–water partition coefficient (Wildman–Crippen LogP) is 3.13. The minimum absolute atomic E-state index is 0.0110. The smallest absolute Gasteiger partial charge is 0.165 e. The molecule has 0 aliphatic carbocycles. The van der Waals surface area contributed by atoms with Crippen molar-refractivity contribution in [2.45, 2.75) is 39.3 Å². The van der Waals surface area contributed by atoms with Crippen LogP contribution in [0, 0.1) is 11.7 Å². The van der Waals surface area contributed by atoms with Crippen LogP contribution in [0.3, 0.4) is 0 Å². The molecule has 0 spiro atoms. The molecule has 1 aromatic rings. The highest BCUT2D eigenvalue weighted by atomic mass is 19.1. The zero-order valence-electron chi connectivity index (χ0n) is 12.5. The van der Waals surface area contributed by atoms with Gasteiger partial charge in [-0.05, 0) is 33.3 Å². The Balaban J connectivity index is 2.01. The second kappa shape index (κ2) is 6.55. The summed E-state index contributed by atoms with van der Waals surface area (Å²) in [5.41, 5.74) is 0.849. The normalized spacial score (nSPS) is 19.3. The largest absolute Gasteiger partial charge is 0.490 e. The number of ether oxygens (including phenoxy) is 2. The fourth-order valence-electron chi connectivity index (χ4n) is 2.13. The Kier molecular flexibility index (Phi) is 5.00. The van der Waals surface area contributed by atoms with Gasteiger partial charge in [-0.15, -0.1) is 0 Å². The highest BCUT2D eigenvalue weighted by Crippen LogP contribution is 2.25. The average Bonchev–Trinajstić information content (AvgIpc) is 2.87. The van der Waals surface area contributed by atoms with E-state index in [0.717, 1.165) is 18.6 Å². The van der Waals surface area contributed by atoms with Gasteiger partial charge in [0.2, 0.25) is 0 Å². The average molecular weight is 281 g/mol. The Morgan fingerprint density at radius 3 is 2.85 bits per heavy atom. The number of hydrogen-bond donors (Lipinski definition) is 1. The maximum absolute atomic E-state index is 14.0. The van der Waals surface area contributed by atoms with Gasteiger partial charge in [0, 0.05) is 30.2 Å². The number of nitrogens with one attached hydrogen (secondary N) is 1. The number of para-hydroxylation sites is 1. The molecule has 0 aromatic heterocycles. The van der Waals surface area contributed by atoms with Crippen LogP contribution in [-0.2, 0) is 11.3 Å². The Labute approximate surface area is 120 Å². The number of halogens is 1. The van der Waals surface area contributed by atoms with Crippen molar-refractivity contribution in [1.29, 1.82) is 0 Å². The molecule has 2 rings (SSSR count). The van der Waals surface area contributed by atoms with Gasteiger partial charge >= 0.3 is 0 Å². The molecule has 0 amide bonds. The first-order valence-electron chi connectivity index (χ1n) is 7.19. The molecule has 1 unspecified atom stereocenters. The summed E-state index contributed by atoms with van der Waals surface area (Å²) in [5, 5.41) is 3.36. The molecule has 1 N–H and O–H groups in total. The van der Waals surface area contributed by atoms with Crippen LogP contribution < -0.4 is 10.1 Å². The maximum atomic E-state index is 14.0. The Morgan fingerprint density at radius 2 is 2.20 bits per heavy atom. The first-order chi connectivity index (χ1) is 9.46. The number of benzene rings is 1. The topological polar surface area (TPSA) is 30.5 Å². The molecule has 112 valence electrons. The second-order valence-corrected chi connectivity index (χ2v) is 6.37. The van der Waals surface area contributed by atoms with Crippen molar-refractivity contribution in [3.05, 3.63) is 29.6 Å². The fraction of sp³-hybridized carbons (Fsp3) is 0.625. The van der Waals surface area contributed by atoms with Gasteiger partial charge in [0.1, 0.15) is 0 Å². The molecule has 1 aliphatic heterocycles. The van der Waals surface area contributed by atoms with Crippen LogP contribution in [0.1, 0.15) is 32.8 Å². The molecule has 3 nitrogen and oxygen atoms in total. The van der Waals surface area contributed by atoms with Crippen LogP contribution in [-0.4, -0.2) is 25.4 Å². The molecule has 1 fully saturated rings. The molecule has 1 atom stereocenters. The van der Waals surface area contributed by atoms with Gasteiger partial charge in [0.15, 0.2) is 11.6 Å². The zero-order valence-corrected chi connectivity index (χ0v) is 12.5. The van der Waals surface area contributed by atoms with E-state index in [1.165, 1.54) is 6.07 Å². The third-order valence-corrected chi connectivity index (χ3v) is 3.35. The monoisotopic (exact) mass is 281 g/mol. The number of rotatable bonds is 5. The molecule has 1 aromatic carbocycles. The SMILES string of the molecule is CC(C)(C)NCc1cccc(F)c1OCC1CCOC1. The lowest BCUT2D eigenvalue weighted by atomic mass is 10.1. The molecule has 4 heteroatoms. The van der Waals surface area contributed by atoms with E-state index in [0.29, 0.717) is 31.4 Å². The molecule has 1 saturated heterocycles. The highest BCUT2D eigenvalue weighted by Gasteiger charge is 2.19. The molecular formula is C16H24FNO2. The molecule has 0 saturated carbocycles. The fourth-order valence-corrected chi connectivity index (χ4v) is 2.13. The van der Waals surface area contributed by atoms with Gasteiger partial charge in [-0.25, -0.2) is 4.39 Å². The second-order valence-electron chi connectivity index (χ2n) is 6.37. The minimum atomic E-state index is -0.294. The molecular weight excluding hydrogens is 257 g/mol. The van der Waals surface area contributed by atoms with Gasteiger partial charge in [-0.2, -0.15) is 0 Å². The van der Waals surface area contributed by atoms with Crippen molar-refractivity contribution in [2.24, 2.45) is 5.92 Å². The lowest BCUT2D eigenvalue weighted by molar-refractivity contribution is 0.165. The third kappa shape index (κ3) is 4.46. The minimum Gasteiger partial charge on any atom is -0.490 e. The first kappa shape index (κ1) is 15.3. The summed E-state index contributed by atoms with van der Waals surface area (Å²) >= 11 is 0. The van der Waals surface area contributed by atoms with E-state index in [4.69, 9.17) is 9.47 Å². The van der Waals surface area contributed by atoms with E-state index in [1.54, 1.807) is 6.07 Å². The van der Waals surface area contributed by atoms with Crippen LogP contribution in [0.4, 0.5) is 4.39 Å². The van der Waals surface area contributed by atoms with Gasteiger partial charge in [-0.3, -0.25) is 0 Å². The van der Waals surface area contributed by atoms with E-state index in [-0.39, 0.29) is 11.4 Å². The maximum Gasteiger partial charge on any atom is 0.165 e. The van der Waals surface area contributed by atoms with E-state index in [9.17, 15) is 4.39 Å². The van der Waals surface area contributed by atoms with Gasteiger partial charge in [-0.1, -0.05) is 12.1 Å². The molecule has 1 aliphatic rings. The lowest BCUT2D eigenvalue weighted by Gasteiger charge is -2.22. The Morgan fingerprint density at radius 1 is 1.40 bits per heavy atom. The van der Waals surface area contributed by atoms with Crippen LogP contribution in [0.15, 0.2) is 18.2 Å². The molecule has 0 radical (unpaired) electrons. The van der Waals surface area contributed by atoms with Crippen molar-refractivity contribution in [3.63, 3.8) is 0 Å². The molecule has 20 heavy (non-hydrogen) atoms. The van der Waals surface area contributed by atoms with Crippen LogP contribution in [0.5, 0.6) is 5.75 Å². The summed E-state index contributed by atoms with van der Waals surface area (Å²) in [7, 11) is 0. The van der Waals surface area contributed by atoms with E-state index in [1.807, 2.05) is 6.07 Å². The Bertz CT molecular complexity index is 437. The summed E-state index contributed by atoms with van der Waals surface area (Å²) in [6.45, 7) is 8.86.